The Hall–Kier alpha value is -0.0000000000000000555. The van der Waals surface area contributed by atoms with Crippen molar-refractivity contribution >= 4 is 12.4 Å². The molecule has 0 aromatic rings. The first-order valence-corrected chi connectivity index (χ1v) is 4.38. The van der Waals surface area contributed by atoms with Crippen LogP contribution in [0.4, 0.5) is 13.2 Å². The number of alkyl halides is 3. The Balaban J connectivity index is 0.00000169. The zero-order valence-corrected chi connectivity index (χ0v) is 8.71. The van der Waals surface area contributed by atoms with Crippen molar-refractivity contribution in [2.45, 2.75) is 31.5 Å². The van der Waals surface area contributed by atoms with Crippen molar-refractivity contribution in [2.75, 3.05) is 13.1 Å². The first-order chi connectivity index (χ1) is 5.88. The van der Waals surface area contributed by atoms with Crippen molar-refractivity contribution in [1.82, 2.24) is 5.32 Å². The monoisotopic (exact) mass is 233 g/mol. The Kier molecular flexibility index (Phi) is 4.68. The van der Waals surface area contributed by atoms with E-state index in [2.05, 4.69) is 5.32 Å². The molecule has 1 aliphatic heterocycles. The number of rotatable bonds is 0. The second-order valence-electron chi connectivity index (χ2n) is 3.63. The number of nitrogens with one attached hydrogen (secondary N) is 1. The largest absolute Gasteiger partial charge is 0.417 e. The molecule has 2 nitrogen and oxygen atoms in total. The summed E-state index contributed by atoms with van der Waals surface area (Å²) < 4.78 is 37.4. The summed E-state index contributed by atoms with van der Waals surface area (Å²) in [6, 6.07) is 0. The van der Waals surface area contributed by atoms with Gasteiger partial charge in [0.05, 0.1) is 0 Å². The average molecular weight is 234 g/mol. The van der Waals surface area contributed by atoms with Gasteiger partial charge in [-0.1, -0.05) is 6.92 Å². The van der Waals surface area contributed by atoms with E-state index in [-0.39, 0.29) is 25.4 Å². The van der Waals surface area contributed by atoms with E-state index in [1.54, 1.807) is 0 Å². The van der Waals surface area contributed by atoms with Crippen LogP contribution >= 0.6 is 12.4 Å². The Morgan fingerprint density at radius 2 is 2.00 bits per heavy atom. The third kappa shape index (κ3) is 2.52. The molecule has 2 unspecified atom stereocenters. The number of hydrogen-bond donors (Lipinski definition) is 2. The van der Waals surface area contributed by atoms with Crippen molar-refractivity contribution in [3.63, 3.8) is 0 Å². The third-order valence-corrected chi connectivity index (χ3v) is 2.67. The molecule has 0 bridgehead atoms. The Labute approximate surface area is 87.3 Å². The van der Waals surface area contributed by atoms with Crippen LogP contribution in [0.3, 0.4) is 0 Å². The van der Waals surface area contributed by atoms with Crippen molar-refractivity contribution in [2.24, 2.45) is 5.92 Å². The Morgan fingerprint density at radius 3 is 2.50 bits per heavy atom. The fourth-order valence-corrected chi connectivity index (χ4v) is 1.64. The van der Waals surface area contributed by atoms with Gasteiger partial charge in [0.25, 0.3) is 0 Å². The van der Waals surface area contributed by atoms with Crippen LogP contribution in [0.2, 0.25) is 0 Å². The number of halogens is 4. The molecular weight excluding hydrogens is 219 g/mol. The minimum absolute atomic E-state index is 0. The fourth-order valence-electron chi connectivity index (χ4n) is 1.64. The summed E-state index contributed by atoms with van der Waals surface area (Å²) in [6.45, 7) is 2.19. The lowest BCUT2D eigenvalue weighted by atomic mass is 9.85. The highest BCUT2D eigenvalue weighted by Crippen LogP contribution is 2.40. The summed E-state index contributed by atoms with van der Waals surface area (Å²) in [5.74, 6) is -0.782. The standard InChI is InChI=1S/C8H14F3NO.ClH/c1-6-5-12-4-2-3-7(6,13)8(9,10)11;/h6,12-13H,2-5H2,1H3;1H. The maximum atomic E-state index is 12.5. The van der Waals surface area contributed by atoms with Gasteiger partial charge in [0.1, 0.15) is 0 Å². The fraction of sp³-hybridized carbons (Fsp3) is 1.00. The summed E-state index contributed by atoms with van der Waals surface area (Å²) in [5.41, 5.74) is -2.50. The van der Waals surface area contributed by atoms with Gasteiger partial charge in [0, 0.05) is 12.5 Å². The van der Waals surface area contributed by atoms with Gasteiger partial charge in [-0.3, -0.25) is 0 Å². The molecule has 6 heteroatoms. The summed E-state index contributed by atoms with van der Waals surface area (Å²) in [5, 5.41) is 12.4. The zero-order chi connectivity index (χ0) is 10.1. The SMILES string of the molecule is CC1CNCCCC1(O)C(F)(F)F.Cl. The molecule has 0 amide bonds. The first kappa shape index (κ1) is 14.0. The van der Waals surface area contributed by atoms with E-state index >= 15 is 0 Å². The smallest absolute Gasteiger partial charge is 0.380 e. The summed E-state index contributed by atoms with van der Waals surface area (Å²) in [7, 11) is 0. The van der Waals surface area contributed by atoms with Gasteiger partial charge in [-0.05, 0) is 19.4 Å². The van der Waals surface area contributed by atoms with Gasteiger partial charge >= 0.3 is 6.18 Å². The van der Waals surface area contributed by atoms with E-state index in [9.17, 15) is 18.3 Å². The molecule has 1 fully saturated rings. The van der Waals surface area contributed by atoms with Crippen LogP contribution in [0.1, 0.15) is 19.8 Å². The maximum Gasteiger partial charge on any atom is 0.417 e. The minimum Gasteiger partial charge on any atom is -0.380 e. The molecular formula is C8H15ClF3NO. The van der Waals surface area contributed by atoms with Crippen molar-refractivity contribution in [3.05, 3.63) is 0 Å². The lowest BCUT2D eigenvalue weighted by Crippen LogP contribution is -2.51. The predicted octanol–water partition coefficient (Wildman–Crippen LogP) is 1.72. The quantitative estimate of drug-likeness (QED) is 0.668. The third-order valence-electron chi connectivity index (χ3n) is 2.67. The van der Waals surface area contributed by atoms with Crippen LogP contribution in [0, 0.1) is 5.92 Å². The van der Waals surface area contributed by atoms with Gasteiger partial charge < -0.3 is 10.4 Å². The summed E-state index contributed by atoms with van der Waals surface area (Å²) in [4.78, 5) is 0. The molecule has 1 aliphatic rings. The van der Waals surface area contributed by atoms with Crippen molar-refractivity contribution < 1.29 is 18.3 Å². The number of aliphatic hydroxyl groups is 1. The molecule has 0 aliphatic carbocycles. The molecule has 0 saturated carbocycles. The molecule has 0 spiro atoms. The molecule has 1 saturated heterocycles. The highest BCUT2D eigenvalue weighted by atomic mass is 35.5. The van der Waals surface area contributed by atoms with Gasteiger partial charge in [-0.25, -0.2) is 0 Å². The lowest BCUT2D eigenvalue weighted by Gasteiger charge is -2.34. The summed E-state index contributed by atoms with van der Waals surface area (Å²) >= 11 is 0. The van der Waals surface area contributed by atoms with Crippen LogP contribution < -0.4 is 5.32 Å². The molecule has 86 valence electrons. The second kappa shape index (κ2) is 4.68. The molecule has 2 N–H and O–H groups in total. The van der Waals surface area contributed by atoms with E-state index in [4.69, 9.17) is 0 Å². The van der Waals surface area contributed by atoms with Crippen LogP contribution in [-0.4, -0.2) is 30.0 Å². The zero-order valence-electron chi connectivity index (χ0n) is 7.90. The van der Waals surface area contributed by atoms with E-state index in [1.165, 1.54) is 6.92 Å². The molecule has 0 aromatic heterocycles. The van der Waals surface area contributed by atoms with Gasteiger partial charge in [-0.2, -0.15) is 13.2 Å². The van der Waals surface area contributed by atoms with Crippen LogP contribution in [0.5, 0.6) is 0 Å². The van der Waals surface area contributed by atoms with E-state index in [0.717, 1.165) is 0 Å². The Bertz CT molecular complexity index is 188. The highest BCUT2D eigenvalue weighted by Gasteiger charge is 2.56. The minimum atomic E-state index is -4.52. The Morgan fingerprint density at radius 1 is 1.43 bits per heavy atom. The molecule has 14 heavy (non-hydrogen) atoms. The first-order valence-electron chi connectivity index (χ1n) is 4.38. The summed E-state index contributed by atoms with van der Waals surface area (Å²) in [6.07, 6.45) is -4.36. The van der Waals surface area contributed by atoms with Crippen LogP contribution in [0.15, 0.2) is 0 Å². The highest BCUT2D eigenvalue weighted by molar-refractivity contribution is 5.85. The lowest BCUT2D eigenvalue weighted by molar-refractivity contribution is -0.278. The van der Waals surface area contributed by atoms with Crippen LogP contribution in [0.25, 0.3) is 0 Å². The predicted molar refractivity (Wildman–Crippen MR) is 49.5 cm³/mol. The molecule has 1 heterocycles. The molecule has 0 radical (unpaired) electrons. The van der Waals surface area contributed by atoms with E-state index in [1.807, 2.05) is 0 Å². The van der Waals surface area contributed by atoms with E-state index in [0.29, 0.717) is 13.0 Å². The van der Waals surface area contributed by atoms with Gasteiger partial charge in [0.2, 0.25) is 0 Å². The molecule has 2 atom stereocenters. The van der Waals surface area contributed by atoms with Crippen LogP contribution in [-0.2, 0) is 0 Å². The van der Waals surface area contributed by atoms with Gasteiger partial charge in [-0.15, -0.1) is 12.4 Å². The molecule has 1 rings (SSSR count). The topological polar surface area (TPSA) is 32.3 Å². The molecule has 0 aromatic carbocycles. The van der Waals surface area contributed by atoms with E-state index < -0.39 is 17.7 Å². The average Bonchev–Trinajstić information content (AvgIpc) is 2.14. The number of hydrogen-bond acceptors (Lipinski definition) is 2. The maximum absolute atomic E-state index is 12.5. The van der Waals surface area contributed by atoms with Crippen molar-refractivity contribution in [3.8, 4) is 0 Å². The normalized spacial score (nSPS) is 34.5. The second-order valence-corrected chi connectivity index (χ2v) is 3.63. The van der Waals surface area contributed by atoms with Gasteiger partial charge in [0.15, 0.2) is 5.60 Å². The van der Waals surface area contributed by atoms with Crippen molar-refractivity contribution in [1.29, 1.82) is 0 Å².